The third-order valence-electron chi connectivity index (χ3n) is 3.75. The van der Waals surface area contributed by atoms with Gasteiger partial charge in [-0.25, -0.2) is 0 Å². The molecule has 6 nitrogen and oxygen atoms in total. The Balaban J connectivity index is 1.81. The Labute approximate surface area is 167 Å². The lowest BCUT2D eigenvalue weighted by Crippen LogP contribution is -2.42. The van der Waals surface area contributed by atoms with E-state index in [1.807, 2.05) is 19.1 Å². The molecule has 8 heteroatoms. The number of hydrogen-bond donors (Lipinski definition) is 2. The van der Waals surface area contributed by atoms with Gasteiger partial charge in [0.2, 0.25) is 5.91 Å². The molecule has 0 spiro atoms. The highest BCUT2D eigenvalue weighted by Crippen LogP contribution is 2.31. The van der Waals surface area contributed by atoms with E-state index in [1.165, 1.54) is 11.8 Å². The highest BCUT2D eigenvalue weighted by molar-refractivity contribution is 7.99. The summed E-state index contributed by atoms with van der Waals surface area (Å²) in [6, 6.07) is 10.2. The molecule has 2 N–H and O–H groups in total. The van der Waals surface area contributed by atoms with Crippen molar-refractivity contribution in [1.29, 1.82) is 0 Å². The van der Waals surface area contributed by atoms with Crippen LogP contribution in [0.1, 0.15) is 21.5 Å². The standard InChI is InChI=1S/C19H21ClN2O4S/c1-12-8-16(25-2)17(26-3)9-14(12)10-27-11-18(23)21-22-19(24)13-4-6-15(20)7-5-13/h4-9H,10-11H2,1-3H3,(H,21,23)(H,22,24). The average molecular weight is 409 g/mol. The van der Waals surface area contributed by atoms with Crippen LogP contribution in [-0.4, -0.2) is 31.8 Å². The summed E-state index contributed by atoms with van der Waals surface area (Å²) in [6.07, 6.45) is 0. The Kier molecular flexibility index (Phi) is 7.82. The van der Waals surface area contributed by atoms with Crippen molar-refractivity contribution in [1.82, 2.24) is 10.9 Å². The number of carbonyl (C=O) groups excluding carboxylic acids is 2. The zero-order valence-electron chi connectivity index (χ0n) is 15.3. The quantitative estimate of drug-likeness (QED) is 0.687. The summed E-state index contributed by atoms with van der Waals surface area (Å²) in [7, 11) is 3.18. The van der Waals surface area contributed by atoms with Crippen molar-refractivity contribution in [3.63, 3.8) is 0 Å². The van der Waals surface area contributed by atoms with Gasteiger partial charge in [0.25, 0.3) is 5.91 Å². The highest BCUT2D eigenvalue weighted by atomic mass is 35.5. The third kappa shape index (κ3) is 6.08. The lowest BCUT2D eigenvalue weighted by molar-refractivity contribution is -0.119. The number of methoxy groups -OCH3 is 2. The van der Waals surface area contributed by atoms with Gasteiger partial charge in [-0.05, 0) is 54.4 Å². The number of hydrazine groups is 1. The highest BCUT2D eigenvalue weighted by Gasteiger charge is 2.11. The first kappa shape index (κ1) is 20.9. The van der Waals surface area contributed by atoms with Gasteiger partial charge in [0, 0.05) is 16.3 Å². The van der Waals surface area contributed by atoms with Gasteiger partial charge in [0.05, 0.1) is 20.0 Å². The van der Waals surface area contributed by atoms with Crippen LogP contribution in [0.15, 0.2) is 36.4 Å². The number of nitrogens with one attached hydrogen (secondary N) is 2. The summed E-state index contributed by atoms with van der Waals surface area (Å²) in [6.45, 7) is 1.98. The van der Waals surface area contributed by atoms with Gasteiger partial charge in [0.15, 0.2) is 11.5 Å². The minimum Gasteiger partial charge on any atom is -0.493 e. The van der Waals surface area contributed by atoms with Gasteiger partial charge in [-0.3, -0.25) is 20.4 Å². The molecule has 0 saturated carbocycles. The van der Waals surface area contributed by atoms with Crippen LogP contribution < -0.4 is 20.3 Å². The molecular weight excluding hydrogens is 388 g/mol. The Morgan fingerprint density at radius 3 is 2.30 bits per heavy atom. The van der Waals surface area contributed by atoms with E-state index < -0.39 is 5.91 Å². The lowest BCUT2D eigenvalue weighted by atomic mass is 10.1. The van der Waals surface area contributed by atoms with E-state index in [-0.39, 0.29) is 11.7 Å². The summed E-state index contributed by atoms with van der Waals surface area (Å²) in [4.78, 5) is 23.8. The van der Waals surface area contributed by atoms with Gasteiger partial charge < -0.3 is 9.47 Å². The molecule has 0 unspecified atom stereocenters. The normalized spacial score (nSPS) is 10.2. The molecule has 2 amide bonds. The Hall–Kier alpha value is -2.38. The fourth-order valence-electron chi connectivity index (χ4n) is 2.27. The molecule has 0 atom stereocenters. The molecule has 0 aliphatic heterocycles. The topological polar surface area (TPSA) is 76.7 Å². The maximum atomic E-state index is 11.9. The SMILES string of the molecule is COc1cc(C)c(CSCC(=O)NNC(=O)c2ccc(Cl)cc2)cc1OC. The number of thioether (sulfide) groups is 1. The van der Waals surface area contributed by atoms with Gasteiger partial charge in [-0.2, -0.15) is 0 Å². The van der Waals surface area contributed by atoms with Crippen molar-refractivity contribution in [2.45, 2.75) is 12.7 Å². The van der Waals surface area contributed by atoms with E-state index >= 15 is 0 Å². The molecule has 27 heavy (non-hydrogen) atoms. The number of carbonyl (C=O) groups is 2. The second kappa shape index (κ2) is 10.1. The third-order valence-corrected chi connectivity index (χ3v) is 4.99. The van der Waals surface area contributed by atoms with Crippen LogP contribution in [0, 0.1) is 6.92 Å². The molecule has 2 aromatic rings. The van der Waals surface area contributed by atoms with Crippen molar-refractivity contribution < 1.29 is 19.1 Å². The second-order valence-corrected chi connectivity index (χ2v) is 7.06. The van der Waals surface area contributed by atoms with E-state index in [0.29, 0.717) is 27.8 Å². The minimum atomic E-state index is -0.402. The maximum absolute atomic E-state index is 11.9. The number of hydrogen-bond acceptors (Lipinski definition) is 5. The predicted molar refractivity (Wildman–Crippen MR) is 108 cm³/mol. The first-order valence-corrected chi connectivity index (χ1v) is 9.62. The van der Waals surface area contributed by atoms with Crippen molar-refractivity contribution in [3.05, 3.63) is 58.1 Å². The predicted octanol–water partition coefficient (Wildman–Crippen LogP) is 3.36. The van der Waals surface area contributed by atoms with Gasteiger partial charge >= 0.3 is 0 Å². The zero-order valence-corrected chi connectivity index (χ0v) is 16.9. The van der Waals surface area contributed by atoms with Gasteiger partial charge in [0.1, 0.15) is 0 Å². The van der Waals surface area contributed by atoms with E-state index in [0.717, 1.165) is 11.1 Å². The van der Waals surface area contributed by atoms with E-state index in [4.69, 9.17) is 21.1 Å². The fraction of sp³-hybridized carbons (Fsp3) is 0.263. The van der Waals surface area contributed by atoms with Gasteiger partial charge in [-0.15, -0.1) is 11.8 Å². The maximum Gasteiger partial charge on any atom is 0.269 e. The molecule has 2 aromatic carbocycles. The van der Waals surface area contributed by atoms with Crippen molar-refractivity contribution >= 4 is 35.2 Å². The van der Waals surface area contributed by atoms with Crippen LogP contribution in [0.4, 0.5) is 0 Å². The van der Waals surface area contributed by atoms with Crippen LogP contribution in [0.3, 0.4) is 0 Å². The molecule has 0 fully saturated rings. The van der Waals surface area contributed by atoms with Crippen molar-refractivity contribution in [2.75, 3.05) is 20.0 Å². The molecule has 0 bridgehead atoms. The molecule has 2 rings (SSSR count). The number of rotatable bonds is 7. The Morgan fingerprint density at radius 2 is 1.67 bits per heavy atom. The number of benzene rings is 2. The average Bonchev–Trinajstić information content (AvgIpc) is 2.67. The first-order valence-electron chi connectivity index (χ1n) is 8.08. The van der Waals surface area contributed by atoms with Crippen LogP contribution in [0.25, 0.3) is 0 Å². The summed E-state index contributed by atoms with van der Waals surface area (Å²) >= 11 is 7.21. The second-order valence-electron chi connectivity index (χ2n) is 5.64. The summed E-state index contributed by atoms with van der Waals surface area (Å²) in [5.41, 5.74) is 7.29. The molecule has 0 aliphatic rings. The molecule has 0 saturated heterocycles. The largest absolute Gasteiger partial charge is 0.493 e. The van der Waals surface area contributed by atoms with E-state index in [1.54, 1.807) is 38.5 Å². The molecule has 0 aromatic heterocycles. The van der Waals surface area contributed by atoms with Crippen LogP contribution in [0.5, 0.6) is 11.5 Å². The molecule has 0 heterocycles. The van der Waals surface area contributed by atoms with Crippen LogP contribution in [0.2, 0.25) is 5.02 Å². The first-order chi connectivity index (χ1) is 12.9. The number of amides is 2. The van der Waals surface area contributed by atoms with Crippen molar-refractivity contribution in [2.24, 2.45) is 0 Å². The number of halogens is 1. The summed E-state index contributed by atoms with van der Waals surface area (Å²) in [5.74, 6) is 1.46. The van der Waals surface area contributed by atoms with Crippen LogP contribution >= 0.6 is 23.4 Å². The smallest absolute Gasteiger partial charge is 0.269 e. The number of aryl methyl sites for hydroxylation is 1. The van der Waals surface area contributed by atoms with Gasteiger partial charge in [-0.1, -0.05) is 11.6 Å². The molecule has 0 radical (unpaired) electrons. The van der Waals surface area contributed by atoms with Crippen molar-refractivity contribution in [3.8, 4) is 11.5 Å². The zero-order chi connectivity index (χ0) is 19.8. The summed E-state index contributed by atoms with van der Waals surface area (Å²) in [5, 5.41) is 0.539. The lowest BCUT2D eigenvalue weighted by Gasteiger charge is -2.12. The Bertz CT molecular complexity index is 812. The fourth-order valence-corrected chi connectivity index (χ4v) is 3.28. The Morgan fingerprint density at radius 1 is 1.04 bits per heavy atom. The van der Waals surface area contributed by atoms with E-state index in [2.05, 4.69) is 10.9 Å². The summed E-state index contributed by atoms with van der Waals surface area (Å²) < 4.78 is 10.6. The monoisotopic (exact) mass is 408 g/mol. The van der Waals surface area contributed by atoms with E-state index in [9.17, 15) is 9.59 Å². The molecular formula is C19H21ClN2O4S. The number of ether oxygens (including phenoxy) is 2. The molecule has 0 aliphatic carbocycles. The van der Waals surface area contributed by atoms with Crippen LogP contribution in [-0.2, 0) is 10.5 Å². The molecule has 144 valence electrons. The minimum absolute atomic E-state index is 0.203.